The second kappa shape index (κ2) is 8.36. The molecule has 0 fully saturated rings. The zero-order valence-electron chi connectivity index (χ0n) is 15.3. The summed E-state index contributed by atoms with van der Waals surface area (Å²) in [6.07, 6.45) is -0.530. The third-order valence-corrected chi connectivity index (χ3v) is 4.23. The Morgan fingerprint density at radius 3 is 2.23 bits per heavy atom. The average Bonchev–Trinajstić information content (AvgIpc) is 2.53. The van der Waals surface area contributed by atoms with E-state index in [9.17, 15) is 9.59 Å². The monoisotopic (exact) mass is 418 g/mol. The molecule has 0 aliphatic carbocycles. The smallest absolute Gasteiger partial charge is 0.412 e. The Morgan fingerprint density at radius 2 is 1.65 bits per heavy atom. The van der Waals surface area contributed by atoms with Gasteiger partial charge in [-0.2, -0.15) is 0 Å². The van der Waals surface area contributed by atoms with Gasteiger partial charge in [0.05, 0.1) is 6.04 Å². The summed E-state index contributed by atoms with van der Waals surface area (Å²) in [6, 6.07) is 14.3. The van der Waals surface area contributed by atoms with Gasteiger partial charge < -0.3 is 10.1 Å². The largest absolute Gasteiger partial charge is 0.444 e. The van der Waals surface area contributed by atoms with Gasteiger partial charge in [0.1, 0.15) is 5.60 Å². The van der Waals surface area contributed by atoms with E-state index in [-0.39, 0.29) is 11.9 Å². The van der Waals surface area contributed by atoms with Gasteiger partial charge in [-0.1, -0.05) is 34.1 Å². The van der Waals surface area contributed by atoms with Crippen LogP contribution < -0.4 is 10.6 Å². The van der Waals surface area contributed by atoms with Crippen molar-refractivity contribution in [1.82, 2.24) is 5.32 Å². The van der Waals surface area contributed by atoms with Crippen LogP contribution in [-0.4, -0.2) is 17.6 Å². The minimum absolute atomic E-state index is 0.141. The standard InChI is InChI=1S/C20H23BrN2O3/c1-13(16-7-5-6-8-17(16)21)22-18(24)14-9-11-15(12-10-14)23-19(25)26-20(2,3)4/h5-13H,1-4H3,(H,22,24)(H,23,25)/t13-/m0/s1. The number of ether oxygens (including phenoxy) is 1. The van der Waals surface area contributed by atoms with Gasteiger partial charge in [0, 0.05) is 15.7 Å². The van der Waals surface area contributed by atoms with E-state index < -0.39 is 11.7 Å². The molecule has 0 aliphatic heterocycles. The van der Waals surface area contributed by atoms with E-state index in [1.54, 1.807) is 45.0 Å². The number of amides is 2. The lowest BCUT2D eigenvalue weighted by atomic mass is 10.1. The van der Waals surface area contributed by atoms with Crippen molar-refractivity contribution in [2.75, 3.05) is 5.32 Å². The molecule has 0 aromatic heterocycles. The first-order valence-electron chi connectivity index (χ1n) is 8.31. The number of anilines is 1. The summed E-state index contributed by atoms with van der Waals surface area (Å²) < 4.78 is 6.15. The highest BCUT2D eigenvalue weighted by molar-refractivity contribution is 9.10. The molecule has 0 spiro atoms. The molecule has 1 atom stereocenters. The van der Waals surface area contributed by atoms with Crippen LogP contribution in [0.2, 0.25) is 0 Å². The molecule has 2 aromatic carbocycles. The molecule has 0 bridgehead atoms. The number of carbonyl (C=O) groups is 2. The Labute approximate surface area is 162 Å². The van der Waals surface area contributed by atoms with Crippen molar-refractivity contribution in [2.45, 2.75) is 39.3 Å². The summed E-state index contributed by atoms with van der Waals surface area (Å²) >= 11 is 3.49. The molecule has 6 heteroatoms. The number of halogens is 1. The van der Waals surface area contributed by atoms with Gasteiger partial charge in [0.2, 0.25) is 0 Å². The van der Waals surface area contributed by atoms with Crippen LogP contribution in [0.5, 0.6) is 0 Å². The maximum absolute atomic E-state index is 12.4. The number of hydrogen-bond donors (Lipinski definition) is 2. The first-order valence-corrected chi connectivity index (χ1v) is 9.10. The summed E-state index contributed by atoms with van der Waals surface area (Å²) in [5, 5.41) is 5.60. The molecule has 5 nitrogen and oxygen atoms in total. The Morgan fingerprint density at radius 1 is 1.04 bits per heavy atom. The molecule has 0 radical (unpaired) electrons. The maximum Gasteiger partial charge on any atom is 0.412 e. The van der Waals surface area contributed by atoms with Crippen molar-refractivity contribution < 1.29 is 14.3 Å². The average molecular weight is 419 g/mol. The topological polar surface area (TPSA) is 67.4 Å². The van der Waals surface area contributed by atoms with Crippen molar-refractivity contribution in [3.63, 3.8) is 0 Å². The highest BCUT2D eigenvalue weighted by atomic mass is 79.9. The van der Waals surface area contributed by atoms with E-state index in [1.807, 2.05) is 31.2 Å². The van der Waals surface area contributed by atoms with Gasteiger partial charge in [-0.25, -0.2) is 4.79 Å². The Hall–Kier alpha value is -2.34. The predicted molar refractivity (Wildman–Crippen MR) is 106 cm³/mol. The van der Waals surface area contributed by atoms with E-state index >= 15 is 0 Å². The van der Waals surface area contributed by atoms with Crippen molar-refractivity contribution in [3.05, 3.63) is 64.1 Å². The molecule has 0 aliphatic rings. The zero-order valence-corrected chi connectivity index (χ0v) is 16.9. The minimum atomic E-state index is -0.564. The van der Waals surface area contributed by atoms with Crippen LogP contribution >= 0.6 is 15.9 Å². The third kappa shape index (κ3) is 5.88. The van der Waals surface area contributed by atoms with Gasteiger partial charge in [-0.3, -0.25) is 10.1 Å². The Bertz CT molecular complexity index is 782. The van der Waals surface area contributed by atoms with Gasteiger partial charge in [0.25, 0.3) is 5.91 Å². The third-order valence-electron chi connectivity index (χ3n) is 3.51. The van der Waals surface area contributed by atoms with E-state index in [4.69, 9.17) is 4.74 Å². The lowest BCUT2D eigenvalue weighted by Crippen LogP contribution is -2.27. The van der Waals surface area contributed by atoms with Crippen LogP contribution in [-0.2, 0) is 4.74 Å². The number of rotatable bonds is 4. The van der Waals surface area contributed by atoms with Gasteiger partial charge in [0.15, 0.2) is 0 Å². The maximum atomic E-state index is 12.4. The SMILES string of the molecule is C[C@H](NC(=O)c1ccc(NC(=O)OC(C)(C)C)cc1)c1ccccc1Br. The summed E-state index contributed by atoms with van der Waals surface area (Å²) in [4.78, 5) is 24.2. The second-order valence-electron chi connectivity index (χ2n) is 6.92. The molecule has 2 rings (SSSR count). The zero-order chi connectivity index (χ0) is 19.3. The Balaban J connectivity index is 1.98. The highest BCUT2D eigenvalue weighted by Crippen LogP contribution is 2.23. The number of nitrogens with one attached hydrogen (secondary N) is 2. The molecule has 2 aromatic rings. The molecular weight excluding hydrogens is 396 g/mol. The van der Waals surface area contributed by atoms with Crippen LogP contribution in [0.3, 0.4) is 0 Å². The molecule has 0 saturated carbocycles. The van der Waals surface area contributed by atoms with Crippen molar-refractivity contribution in [1.29, 1.82) is 0 Å². The van der Waals surface area contributed by atoms with Crippen LogP contribution in [0.15, 0.2) is 53.0 Å². The number of hydrogen-bond acceptors (Lipinski definition) is 3. The molecule has 2 amide bonds. The van der Waals surface area contributed by atoms with Crippen LogP contribution in [0.25, 0.3) is 0 Å². The molecular formula is C20H23BrN2O3. The second-order valence-corrected chi connectivity index (χ2v) is 7.78. The van der Waals surface area contributed by atoms with Crippen LogP contribution in [0.4, 0.5) is 10.5 Å². The molecule has 2 N–H and O–H groups in total. The van der Waals surface area contributed by atoms with Gasteiger partial charge in [-0.15, -0.1) is 0 Å². The van der Waals surface area contributed by atoms with E-state index in [2.05, 4.69) is 26.6 Å². The van der Waals surface area contributed by atoms with E-state index in [0.29, 0.717) is 11.3 Å². The fraction of sp³-hybridized carbons (Fsp3) is 0.300. The minimum Gasteiger partial charge on any atom is -0.444 e. The van der Waals surface area contributed by atoms with Crippen molar-refractivity contribution in [2.24, 2.45) is 0 Å². The number of carbonyl (C=O) groups excluding carboxylic acids is 2. The molecule has 0 heterocycles. The van der Waals surface area contributed by atoms with Gasteiger partial charge >= 0.3 is 6.09 Å². The highest BCUT2D eigenvalue weighted by Gasteiger charge is 2.17. The summed E-state index contributed by atoms with van der Waals surface area (Å²) in [5.74, 6) is -0.183. The normalized spacial score (nSPS) is 12.2. The molecule has 0 saturated heterocycles. The molecule has 138 valence electrons. The van der Waals surface area contributed by atoms with Crippen molar-refractivity contribution >= 4 is 33.6 Å². The van der Waals surface area contributed by atoms with Crippen LogP contribution in [0, 0.1) is 0 Å². The van der Waals surface area contributed by atoms with Crippen molar-refractivity contribution in [3.8, 4) is 0 Å². The first-order chi connectivity index (χ1) is 12.2. The quantitative estimate of drug-likeness (QED) is 0.708. The predicted octanol–water partition coefficient (Wildman–Crippen LogP) is 5.29. The molecule has 26 heavy (non-hydrogen) atoms. The first kappa shape index (κ1) is 20.0. The lowest BCUT2D eigenvalue weighted by molar-refractivity contribution is 0.0635. The summed E-state index contributed by atoms with van der Waals surface area (Å²) in [6.45, 7) is 7.32. The van der Waals surface area contributed by atoms with E-state index in [1.165, 1.54) is 0 Å². The fourth-order valence-electron chi connectivity index (χ4n) is 2.31. The lowest BCUT2D eigenvalue weighted by Gasteiger charge is -2.19. The summed E-state index contributed by atoms with van der Waals surface area (Å²) in [5.41, 5.74) is 1.52. The van der Waals surface area contributed by atoms with Crippen LogP contribution in [0.1, 0.15) is 49.7 Å². The summed E-state index contributed by atoms with van der Waals surface area (Å²) in [7, 11) is 0. The Kier molecular flexibility index (Phi) is 6.42. The fourth-order valence-corrected chi connectivity index (χ4v) is 2.94. The van der Waals surface area contributed by atoms with E-state index in [0.717, 1.165) is 10.0 Å². The van der Waals surface area contributed by atoms with Gasteiger partial charge in [-0.05, 0) is 63.6 Å². The number of benzene rings is 2. The molecule has 0 unspecified atom stereocenters.